The number of rotatable bonds is 9. The van der Waals surface area contributed by atoms with Crippen LogP contribution in [0.5, 0.6) is 0 Å². The van der Waals surface area contributed by atoms with Gasteiger partial charge >= 0.3 is 5.69 Å². The Morgan fingerprint density at radius 1 is 1.21 bits per heavy atom. The van der Waals surface area contributed by atoms with Crippen LogP contribution in [-0.2, 0) is 6.54 Å². The van der Waals surface area contributed by atoms with Crippen molar-refractivity contribution in [1.82, 2.24) is 14.5 Å². The molecule has 29 heavy (non-hydrogen) atoms. The van der Waals surface area contributed by atoms with Crippen molar-refractivity contribution in [3.8, 4) is 0 Å². The summed E-state index contributed by atoms with van der Waals surface area (Å²) in [6.45, 7) is 4.61. The van der Waals surface area contributed by atoms with Gasteiger partial charge in [0.15, 0.2) is 5.69 Å². The highest BCUT2D eigenvalue weighted by atomic mass is 35.5. The Balaban J connectivity index is 2.57. The van der Waals surface area contributed by atoms with E-state index in [1.54, 1.807) is 0 Å². The predicted octanol–water partition coefficient (Wildman–Crippen LogP) is 3.46. The average molecular weight is 442 g/mol. The maximum Gasteiger partial charge on any atom is 0.330 e. The van der Waals surface area contributed by atoms with Crippen LogP contribution in [0.1, 0.15) is 56.3 Å². The molecular formula is C19H25Cl2N5O3. The lowest BCUT2D eigenvalue weighted by Crippen LogP contribution is -2.41. The first-order valence-corrected chi connectivity index (χ1v) is 10.3. The van der Waals surface area contributed by atoms with Gasteiger partial charge in [0.25, 0.3) is 11.5 Å². The van der Waals surface area contributed by atoms with Gasteiger partial charge < -0.3 is 10.6 Å². The Hall–Kier alpha value is -2.32. The molecule has 0 unspecified atom stereocenters. The van der Waals surface area contributed by atoms with Gasteiger partial charge in [-0.05, 0) is 18.9 Å². The molecular weight excluding hydrogens is 417 g/mol. The van der Waals surface area contributed by atoms with E-state index in [-0.39, 0.29) is 33.8 Å². The molecule has 0 spiro atoms. The lowest BCUT2D eigenvalue weighted by Gasteiger charge is -2.24. The van der Waals surface area contributed by atoms with Crippen LogP contribution in [0.2, 0.25) is 10.2 Å². The van der Waals surface area contributed by atoms with E-state index in [2.05, 4.69) is 9.97 Å². The van der Waals surface area contributed by atoms with E-state index in [0.29, 0.717) is 19.4 Å². The zero-order valence-electron chi connectivity index (χ0n) is 16.5. The molecule has 10 heteroatoms. The number of hydrogen-bond acceptors (Lipinski definition) is 5. The van der Waals surface area contributed by atoms with Gasteiger partial charge in [0.2, 0.25) is 0 Å². The van der Waals surface area contributed by atoms with Crippen LogP contribution in [0.15, 0.2) is 21.9 Å². The number of carbonyl (C=O) groups excluding carboxylic acids is 1. The molecule has 2 aromatic heterocycles. The topological polar surface area (TPSA) is 114 Å². The number of H-pyrrole nitrogens is 1. The molecule has 8 nitrogen and oxygen atoms in total. The fourth-order valence-corrected chi connectivity index (χ4v) is 3.17. The summed E-state index contributed by atoms with van der Waals surface area (Å²) in [6, 6.07) is 1.39. The summed E-state index contributed by atoms with van der Waals surface area (Å²) >= 11 is 11.8. The Morgan fingerprint density at radius 3 is 2.52 bits per heavy atom. The standard InChI is InChI=1S/C19H25Cl2N5O3/c1-3-5-7-9-25(18(28)12-10-13(20)15(21)23-11-12)14-16(22)26(8-6-4-2)19(29)24-17(14)27/h10-11H,3-9,22H2,1-2H3,(H,24,27,29). The summed E-state index contributed by atoms with van der Waals surface area (Å²) < 4.78 is 1.29. The van der Waals surface area contributed by atoms with Gasteiger partial charge in [-0.15, -0.1) is 0 Å². The van der Waals surface area contributed by atoms with E-state index in [4.69, 9.17) is 28.9 Å². The summed E-state index contributed by atoms with van der Waals surface area (Å²) in [5.74, 6) is -0.532. The van der Waals surface area contributed by atoms with Gasteiger partial charge in [-0.3, -0.25) is 19.1 Å². The van der Waals surface area contributed by atoms with Crippen LogP contribution in [0.4, 0.5) is 11.5 Å². The summed E-state index contributed by atoms with van der Waals surface area (Å²) in [4.78, 5) is 45.5. The number of hydrogen-bond donors (Lipinski definition) is 2. The highest BCUT2D eigenvalue weighted by molar-refractivity contribution is 6.41. The highest BCUT2D eigenvalue weighted by Crippen LogP contribution is 2.24. The minimum Gasteiger partial charge on any atom is -0.383 e. The van der Waals surface area contributed by atoms with Crippen molar-refractivity contribution >= 4 is 40.6 Å². The minimum absolute atomic E-state index is 0.0370. The second-order valence-electron chi connectivity index (χ2n) is 6.66. The fraction of sp³-hybridized carbons (Fsp3) is 0.474. The SMILES string of the molecule is CCCCCN(C(=O)c1cnc(Cl)c(Cl)c1)c1c(N)n(CCCC)c(=O)[nH]c1=O. The number of nitrogen functional groups attached to an aromatic ring is 1. The van der Waals surface area contributed by atoms with Crippen molar-refractivity contribution in [2.24, 2.45) is 0 Å². The van der Waals surface area contributed by atoms with Gasteiger partial charge in [-0.25, -0.2) is 9.78 Å². The van der Waals surface area contributed by atoms with Crippen molar-refractivity contribution in [2.75, 3.05) is 17.2 Å². The van der Waals surface area contributed by atoms with Gasteiger partial charge in [0, 0.05) is 19.3 Å². The summed E-state index contributed by atoms with van der Waals surface area (Å²) in [7, 11) is 0. The molecule has 0 saturated carbocycles. The first-order chi connectivity index (χ1) is 13.8. The number of pyridine rings is 1. The Bertz CT molecular complexity index is 987. The number of amides is 1. The second kappa shape index (κ2) is 10.5. The van der Waals surface area contributed by atoms with Crippen LogP contribution in [0.3, 0.4) is 0 Å². The van der Waals surface area contributed by atoms with Gasteiger partial charge in [-0.2, -0.15) is 0 Å². The lowest BCUT2D eigenvalue weighted by molar-refractivity contribution is 0.0985. The largest absolute Gasteiger partial charge is 0.383 e. The van der Waals surface area contributed by atoms with E-state index < -0.39 is 17.2 Å². The minimum atomic E-state index is -0.710. The molecule has 2 rings (SSSR count). The number of carbonyl (C=O) groups is 1. The molecule has 0 bridgehead atoms. The molecule has 0 fully saturated rings. The molecule has 1 amide bonds. The molecule has 0 radical (unpaired) electrons. The third-order valence-electron chi connectivity index (χ3n) is 4.49. The molecule has 0 aliphatic heterocycles. The fourth-order valence-electron chi connectivity index (χ4n) is 2.91. The lowest BCUT2D eigenvalue weighted by atomic mass is 10.2. The molecule has 0 atom stereocenters. The van der Waals surface area contributed by atoms with Crippen LogP contribution in [0, 0.1) is 0 Å². The van der Waals surface area contributed by atoms with Gasteiger partial charge in [0.1, 0.15) is 11.0 Å². The molecule has 0 aliphatic carbocycles. The van der Waals surface area contributed by atoms with E-state index in [1.807, 2.05) is 13.8 Å². The third kappa shape index (κ3) is 5.39. The van der Waals surface area contributed by atoms with Crippen molar-refractivity contribution in [2.45, 2.75) is 52.5 Å². The van der Waals surface area contributed by atoms with Crippen molar-refractivity contribution in [1.29, 1.82) is 0 Å². The highest BCUT2D eigenvalue weighted by Gasteiger charge is 2.25. The van der Waals surface area contributed by atoms with Crippen LogP contribution in [0.25, 0.3) is 0 Å². The van der Waals surface area contributed by atoms with Crippen LogP contribution >= 0.6 is 23.2 Å². The molecule has 0 aromatic carbocycles. The van der Waals surface area contributed by atoms with E-state index in [9.17, 15) is 14.4 Å². The maximum absolute atomic E-state index is 13.2. The van der Waals surface area contributed by atoms with Crippen LogP contribution in [-0.4, -0.2) is 27.0 Å². The number of nitrogens with two attached hydrogens (primary N) is 1. The molecule has 158 valence electrons. The average Bonchev–Trinajstić information content (AvgIpc) is 2.68. The monoisotopic (exact) mass is 441 g/mol. The molecule has 0 saturated heterocycles. The summed E-state index contributed by atoms with van der Waals surface area (Å²) in [5.41, 5.74) is 5.00. The summed E-state index contributed by atoms with van der Waals surface area (Å²) in [5, 5.41) is 0.201. The predicted molar refractivity (Wildman–Crippen MR) is 116 cm³/mol. The quantitative estimate of drug-likeness (QED) is 0.456. The third-order valence-corrected chi connectivity index (χ3v) is 5.18. The van der Waals surface area contributed by atoms with Gasteiger partial charge in [0.05, 0.1) is 10.6 Å². The molecule has 0 aliphatic rings. The van der Waals surface area contributed by atoms with Gasteiger partial charge in [-0.1, -0.05) is 56.3 Å². The number of nitrogens with zero attached hydrogens (tertiary/aromatic N) is 3. The first kappa shape index (κ1) is 23.0. The number of anilines is 2. The van der Waals surface area contributed by atoms with E-state index in [0.717, 1.165) is 19.3 Å². The molecule has 2 aromatic rings. The number of aromatic nitrogens is 3. The smallest absolute Gasteiger partial charge is 0.330 e. The molecule has 2 heterocycles. The Labute approximate surface area is 178 Å². The first-order valence-electron chi connectivity index (χ1n) is 9.57. The number of unbranched alkanes of at least 4 members (excludes halogenated alkanes) is 3. The summed E-state index contributed by atoms with van der Waals surface area (Å²) in [6.07, 6.45) is 5.28. The van der Waals surface area contributed by atoms with E-state index in [1.165, 1.54) is 21.7 Å². The van der Waals surface area contributed by atoms with E-state index >= 15 is 0 Å². The van der Waals surface area contributed by atoms with Crippen molar-refractivity contribution in [3.05, 3.63) is 48.8 Å². The zero-order valence-corrected chi connectivity index (χ0v) is 18.0. The number of aromatic amines is 1. The van der Waals surface area contributed by atoms with Crippen molar-refractivity contribution < 1.29 is 4.79 Å². The Morgan fingerprint density at radius 2 is 1.90 bits per heavy atom. The second-order valence-corrected chi connectivity index (χ2v) is 7.42. The number of nitrogens with one attached hydrogen (secondary N) is 1. The van der Waals surface area contributed by atoms with Crippen LogP contribution < -0.4 is 21.9 Å². The van der Waals surface area contributed by atoms with Crippen molar-refractivity contribution in [3.63, 3.8) is 0 Å². The normalized spacial score (nSPS) is 10.9. The maximum atomic E-state index is 13.2. The Kier molecular flexibility index (Phi) is 8.28. The molecule has 3 N–H and O–H groups in total. The zero-order chi connectivity index (χ0) is 21.6. The number of halogens is 2.